The second-order valence-corrected chi connectivity index (χ2v) is 6.54. The number of imidazole rings is 1. The number of hydrogen-bond donors (Lipinski definition) is 2. The molecule has 2 fully saturated rings. The highest BCUT2D eigenvalue weighted by Gasteiger charge is 2.34. The van der Waals surface area contributed by atoms with Crippen LogP contribution in [-0.2, 0) is 6.54 Å². The number of aromatic nitrogens is 2. The summed E-state index contributed by atoms with van der Waals surface area (Å²) in [6, 6.07) is 8.96. The molecule has 0 spiro atoms. The van der Waals surface area contributed by atoms with Gasteiger partial charge in [-0.15, -0.1) is 0 Å². The minimum atomic E-state index is 0.697. The summed E-state index contributed by atoms with van der Waals surface area (Å²) in [6.45, 7) is 0.872. The Hall–Kier alpha value is -1.35. The maximum Gasteiger partial charge on any atom is 0.121 e. The Morgan fingerprint density at radius 3 is 2.85 bits per heavy atom. The van der Waals surface area contributed by atoms with Gasteiger partial charge in [0, 0.05) is 6.04 Å². The van der Waals surface area contributed by atoms with Crippen molar-refractivity contribution in [1.82, 2.24) is 15.3 Å². The summed E-state index contributed by atoms with van der Waals surface area (Å²) in [4.78, 5) is 8.05. The van der Waals surface area contributed by atoms with Gasteiger partial charge in [-0.3, -0.25) is 0 Å². The van der Waals surface area contributed by atoms with Crippen molar-refractivity contribution in [1.29, 1.82) is 0 Å². The third kappa shape index (κ3) is 2.59. The summed E-state index contributed by atoms with van der Waals surface area (Å²) in [5.41, 5.74) is 2.22. The second-order valence-electron chi connectivity index (χ2n) is 6.54. The monoisotopic (exact) mass is 269 g/mol. The number of aromatic amines is 1. The van der Waals surface area contributed by atoms with Gasteiger partial charge in [0.25, 0.3) is 0 Å². The number of fused-ring (bicyclic) bond motifs is 1. The number of para-hydroxylation sites is 2. The highest BCUT2D eigenvalue weighted by Crippen LogP contribution is 2.43. The van der Waals surface area contributed by atoms with Crippen LogP contribution in [0, 0.1) is 11.8 Å². The van der Waals surface area contributed by atoms with E-state index >= 15 is 0 Å². The summed E-state index contributed by atoms with van der Waals surface area (Å²) in [6.07, 6.45) is 8.56. The normalized spacial score (nSPS) is 27.0. The molecule has 0 radical (unpaired) electrons. The van der Waals surface area contributed by atoms with Gasteiger partial charge in [0.2, 0.25) is 0 Å². The van der Waals surface area contributed by atoms with Gasteiger partial charge < -0.3 is 10.3 Å². The van der Waals surface area contributed by atoms with Crippen molar-refractivity contribution in [2.24, 2.45) is 11.8 Å². The van der Waals surface area contributed by atoms with Gasteiger partial charge in [-0.2, -0.15) is 0 Å². The zero-order chi connectivity index (χ0) is 13.4. The van der Waals surface area contributed by atoms with E-state index in [2.05, 4.69) is 33.5 Å². The fraction of sp³-hybridized carbons (Fsp3) is 0.588. The molecule has 1 aromatic carbocycles. The molecule has 0 amide bonds. The minimum Gasteiger partial charge on any atom is -0.341 e. The summed E-state index contributed by atoms with van der Waals surface area (Å²) in [5.74, 6) is 3.13. The topological polar surface area (TPSA) is 40.7 Å². The van der Waals surface area contributed by atoms with Crippen molar-refractivity contribution in [3.8, 4) is 0 Å². The Morgan fingerprint density at radius 1 is 1.10 bits per heavy atom. The van der Waals surface area contributed by atoms with Crippen LogP contribution in [0.1, 0.15) is 44.3 Å². The summed E-state index contributed by atoms with van der Waals surface area (Å²) in [7, 11) is 0. The zero-order valence-electron chi connectivity index (χ0n) is 11.9. The van der Waals surface area contributed by atoms with E-state index in [9.17, 15) is 0 Å². The minimum absolute atomic E-state index is 0.697. The van der Waals surface area contributed by atoms with Crippen LogP contribution < -0.4 is 5.32 Å². The summed E-state index contributed by atoms with van der Waals surface area (Å²) in [5, 5.41) is 3.72. The molecular formula is C17H23N3. The van der Waals surface area contributed by atoms with Crippen molar-refractivity contribution < 1.29 is 0 Å². The van der Waals surface area contributed by atoms with Gasteiger partial charge in [0.1, 0.15) is 5.82 Å². The second kappa shape index (κ2) is 5.21. The van der Waals surface area contributed by atoms with E-state index < -0.39 is 0 Å². The van der Waals surface area contributed by atoms with Crippen molar-refractivity contribution >= 4 is 11.0 Å². The molecule has 2 aliphatic carbocycles. The first-order valence-corrected chi connectivity index (χ1v) is 8.05. The average Bonchev–Trinajstić information content (AvgIpc) is 3.25. The lowest BCUT2D eigenvalue weighted by atomic mass is 9.83. The molecule has 2 atom stereocenters. The molecule has 1 aromatic heterocycles. The number of nitrogens with one attached hydrogen (secondary N) is 2. The maximum absolute atomic E-state index is 4.65. The lowest BCUT2D eigenvalue weighted by Crippen LogP contribution is -2.34. The number of nitrogens with zero attached hydrogens (tertiary/aromatic N) is 1. The molecule has 3 nitrogen and oxygen atoms in total. The fourth-order valence-corrected chi connectivity index (χ4v) is 3.74. The van der Waals surface area contributed by atoms with E-state index in [0.717, 1.165) is 35.2 Å². The van der Waals surface area contributed by atoms with E-state index in [1.807, 2.05) is 6.07 Å². The van der Waals surface area contributed by atoms with E-state index in [4.69, 9.17) is 0 Å². The molecule has 0 saturated heterocycles. The Bertz CT molecular complexity index is 552. The average molecular weight is 269 g/mol. The van der Waals surface area contributed by atoms with Crippen LogP contribution >= 0.6 is 0 Å². The molecule has 4 rings (SSSR count). The molecule has 2 aromatic rings. The van der Waals surface area contributed by atoms with Crippen molar-refractivity contribution in [2.75, 3.05) is 0 Å². The van der Waals surface area contributed by atoms with Crippen LogP contribution in [0.25, 0.3) is 11.0 Å². The van der Waals surface area contributed by atoms with Crippen LogP contribution in [0.5, 0.6) is 0 Å². The van der Waals surface area contributed by atoms with Crippen LogP contribution in [0.2, 0.25) is 0 Å². The molecule has 1 heterocycles. The Morgan fingerprint density at radius 2 is 2.00 bits per heavy atom. The van der Waals surface area contributed by atoms with E-state index in [-0.39, 0.29) is 0 Å². The molecule has 20 heavy (non-hydrogen) atoms. The van der Waals surface area contributed by atoms with Crippen molar-refractivity contribution in [2.45, 2.75) is 51.1 Å². The smallest absolute Gasteiger partial charge is 0.121 e. The molecule has 2 unspecified atom stereocenters. The Labute approximate surface area is 120 Å². The highest BCUT2D eigenvalue weighted by atomic mass is 15.0. The summed E-state index contributed by atoms with van der Waals surface area (Å²) >= 11 is 0. The number of rotatable bonds is 4. The highest BCUT2D eigenvalue weighted by molar-refractivity contribution is 5.74. The molecule has 106 valence electrons. The van der Waals surface area contributed by atoms with Gasteiger partial charge in [0.05, 0.1) is 17.6 Å². The first kappa shape index (κ1) is 12.4. The van der Waals surface area contributed by atoms with E-state index in [1.165, 1.54) is 38.5 Å². The lowest BCUT2D eigenvalue weighted by molar-refractivity contribution is 0.259. The van der Waals surface area contributed by atoms with Gasteiger partial charge in [0.15, 0.2) is 0 Å². The lowest BCUT2D eigenvalue weighted by Gasteiger charge is -2.29. The molecule has 3 heteroatoms. The van der Waals surface area contributed by atoms with E-state index in [0.29, 0.717) is 6.04 Å². The maximum atomic E-state index is 4.65. The number of benzene rings is 1. The fourth-order valence-electron chi connectivity index (χ4n) is 3.74. The number of H-pyrrole nitrogens is 1. The van der Waals surface area contributed by atoms with Crippen LogP contribution in [0.15, 0.2) is 24.3 Å². The van der Waals surface area contributed by atoms with Gasteiger partial charge in [-0.05, 0) is 49.7 Å². The molecule has 2 aliphatic rings. The first-order valence-electron chi connectivity index (χ1n) is 8.05. The third-order valence-electron chi connectivity index (χ3n) is 5.00. The predicted octanol–water partition coefficient (Wildman–Crippen LogP) is 3.62. The standard InChI is InChI=1S/C17H23N3/c1-2-7-16-15(6-1)19-17(20-16)11-18-14-5-3-4-13(10-14)12-8-9-12/h1-2,6-7,12-14,18H,3-5,8-11H2,(H,19,20). The van der Waals surface area contributed by atoms with Gasteiger partial charge >= 0.3 is 0 Å². The van der Waals surface area contributed by atoms with Gasteiger partial charge in [-0.25, -0.2) is 4.98 Å². The zero-order valence-corrected chi connectivity index (χ0v) is 11.9. The molecular weight excluding hydrogens is 246 g/mol. The SMILES string of the molecule is c1ccc2[nH]c(CNC3CCCC(C4CC4)C3)nc2c1. The Balaban J connectivity index is 1.37. The van der Waals surface area contributed by atoms with Crippen molar-refractivity contribution in [3.05, 3.63) is 30.1 Å². The largest absolute Gasteiger partial charge is 0.341 e. The third-order valence-corrected chi connectivity index (χ3v) is 5.00. The Kier molecular flexibility index (Phi) is 3.23. The van der Waals surface area contributed by atoms with Crippen LogP contribution in [0.4, 0.5) is 0 Å². The molecule has 2 saturated carbocycles. The summed E-state index contributed by atoms with van der Waals surface area (Å²) < 4.78 is 0. The number of hydrogen-bond acceptors (Lipinski definition) is 2. The molecule has 0 bridgehead atoms. The molecule has 0 aliphatic heterocycles. The van der Waals surface area contributed by atoms with Crippen LogP contribution in [0.3, 0.4) is 0 Å². The van der Waals surface area contributed by atoms with E-state index in [1.54, 1.807) is 0 Å². The molecule has 2 N–H and O–H groups in total. The van der Waals surface area contributed by atoms with Crippen molar-refractivity contribution in [3.63, 3.8) is 0 Å². The van der Waals surface area contributed by atoms with Gasteiger partial charge in [-0.1, -0.05) is 25.0 Å². The first-order chi connectivity index (χ1) is 9.88. The van der Waals surface area contributed by atoms with Crippen LogP contribution in [-0.4, -0.2) is 16.0 Å². The quantitative estimate of drug-likeness (QED) is 0.890. The predicted molar refractivity (Wildman–Crippen MR) is 81.4 cm³/mol.